The molecule has 2 unspecified atom stereocenters. The van der Waals surface area contributed by atoms with Gasteiger partial charge < -0.3 is 9.47 Å². The summed E-state index contributed by atoms with van der Waals surface area (Å²) < 4.78 is 10.00. The van der Waals surface area contributed by atoms with Crippen molar-refractivity contribution < 1.29 is 19.1 Å². The fourth-order valence-electron chi connectivity index (χ4n) is 2.40. The summed E-state index contributed by atoms with van der Waals surface area (Å²) in [5.74, 6) is 1.02. The Hall–Kier alpha value is 0.439. The van der Waals surface area contributed by atoms with Gasteiger partial charge in [0.25, 0.3) is 0 Å². The minimum Gasteiger partial charge on any atom is -0.465 e. The molecule has 0 saturated heterocycles. The second-order valence-electron chi connectivity index (χ2n) is 7.95. The summed E-state index contributed by atoms with van der Waals surface area (Å²) in [6.45, 7) is 20.5. The topological polar surface area (TPSA) is 52.6 Å². The first-order valence-corrected chi connectivity index (χ1v) is 14.6. The Bertz CT molecular complexity index is 359. The van der Waals surface area contributed by atoms with Crippen LogP contribution >= 0.6 is 25.3 Å². The van der Waals surface area contributed by atoms with Crippen LogP contribution in [0.15, 0.2) is 0 Å². The molecule has 2 atom stereocenters. The predicted octanol–water partition coefficient (Wildman–Crippen LogP) is 8.75. The van der Waals surface area contributed by atoms with Gasteiger partial charge >= 0.3 is 11.9 Å². The first-order chi connectivity index (χ1) is 16.3. The molecule has 0 heterocycles. The maximum atomic E-state index is 11.4. The zero-order valence-corrected chi connectivity index (χ0v) is 28.3. The van der Waals surface area contributed by atoms with E-state index in [-0.39, 0.29) is 47.7 Å². The molecular weight excluding hydrogens is 583 g/mol. The molecule has 0 aliphatic heterocycles. The van der Waals surface area contributed by atoms with Crippen LogP contribution in [0.3, 0.4) is 0 Å². The van der Waals surface area contributed by atoms with Crippen LogP contribution in [0.2, 0.25) is 0 Å². The Morgan fingerprint density at radius 2 is 0.943 bits per heavy atom. The zero-order chi connectivity index (χ0) is 27.0. The fraction of sp³-hybridized carbons (Fsp3) is 0.857. The molecular formula is C28H56O4S2Sn. The van der Waals surface area contributed by atoms with Gasteiger partial charge in [-0.15, -0.1) is 0 Å². The molecule has 0 aromatic carbocycles. The predicted molar refractivity (Wildman–Crippen MR) is 160 cm³/mol. The van der Waals surface area contributed by atoms with E-state index in [1.165, 1.54) is 12.8 Å². The van der Waals surface area contributed by atoms with Gasteiger partial charge in [0, 0.05) is 35.4 Å². The second kappa shape index (κ2) is 41.6. The van der Waals surface area contributed by atoms with Crippen LogP contribution in [0.25, 0.3) is 0 Å². The molecule has 0 spiro atoms. The molecule has 7 heteroatoms. The van der Waals surface area contributed by atoms with Crippen LogP contribution in [-0.2, 0) is 19.1 Å². The van der Waals surface area contributed by atoms with Gasteiger partial charge in [-0.3, -0.25) is 9.59 Å². The van der Waals surface area contributed by atoms with E-state index in [9.17, 15) is 9.59 Å². The van der Waals surface area contributed by atoms with Crippen LogP contribution in [0.1, 0.15) is 119 Å². The number of carbonyl (C=O) groups excluding carboxylic acids is 2. The van der Waals surface area contributed by atoms with E-state index < -0.39 is 0 Å². The molecule has 35 heavy (non-hydrogen) atoms. The van der Waals surface area contributed by atoms with Crippen molar-refractivity contribution in [1.29, 1.82) is 0 Å². The first-order valence-electron chi connectivity index (χ1n) is 13.4. The molecule has 0 aliphatic rings. The summed E-state index contributed by atoms with van der Waals surface area (Å²) in [5, 5.41) is 0. The Morgan fingerprint density at radius 1 is 0.657 bits per heavy atom. The van der Waals surface area contributed by atoms with Crippen molar-refractivity contribution in [3.05, 3.63) is 13.8 Å². The molecule has 0 aromatic rings. The maximum absolute atomic E-state index is 11.4. The van der Waals surface area contributed by atoms with Crippen molar-refractivity contribution in [2.75, 3.05) is 24.7 Å². The van der Waals surface area contributed by atoms with Crippen molar-refractivity contribution in [2.24, 2.45) is 11.8 Å². The van der Waals surface area contributed by atoms with Crippen molar-refractivity contribution in [1.82, 2.24) is 0 Å². The summed E-state index contributed by atoms with van der Waals surface area (Å²) in [4.78, 5) is 22.7. The average Bonchev–Trinajstić information content (AvgIpc) is 2.87. The third kappa shape index (κ3) is 39.1. The largest absolute Gasteiger partial charge is 0.465 e. The van der Waals surface area contributed by atoms with Gasteiger partial charge in [-0.05, 0) is 25.7 Å². The number of esters is 2. The first kappa shape index (κ1) is 45.4. The average molecular weight is 640 g/mol. The molecule has 0 aliphatic carbocycles. The number of hydrogen-bond donors (Lipinski definition) is 0. The summed E-state index contributed by atoms with van der Waals surface area (Å²) in [6, 6.07) is 0. The summed E-state index contributed by atoms with van der Waals surface area (Å²) in [5.41, 5.74) is 0. The summed E-state index contributed by atoms with van der Waals surface area (Å²) in [7, 11) is 0. The van der Waals surface area contributed by atoms with Crippen molar-refractivity contribution in [3.8, 4) is 0 Å². The zero-order valence-electron chi connectivity index (χ0n) is 23.8. The molecule has 0 amide bonds. The van der Waals surface area contributed by atoms with E-state index in [0.29, 0.717) is 24.7 Å². The molecule has 8 radical (unpaired) electrons. The van der Waals surface area contributed by atoms with Gasteiger partial charge in [0.05, 0.1) is 11.8 Å². The Kier molecular flexibility index (Phi) is 53.9. The number of hydrogen-bond acceptors (Lipinski definition) is 4. The number of carbonyl (C=O) groups is 2. The second-order valence-corrected chi connectivity index (χ2v) is 8.76. The molecule has 208 valence electrons. The van der Waals surface area contributed by atoms with Gasteiger partial charge in [0.1, 0.15) is 13.2 Å². The molecule has 4 nitrogen and oxygen atoms in total. The van der Waals surface area contributed by atoms with E-state index in [0.717, 1.165) is 64.2 Å². The summed E-state index contributed by atoms with van der Waals surface area (Å²) in [6.07, 6.45) is 12.7. The normalized spacial score (nSPS) is 11.0. The van der Waals surface area contributed by atoms with Crippen LogP contribution < -0.4 is 0 Å². The van der Waals surface area contributed by atoms with Gasteiger partial charge in [-0.1, -0.05) is 132 Å². The molecule has 0 saturated carbocycles. The number of unbranched alkanes of at least 4 members (excludes halogenated alkanes) is 4. The Labute approximate surface area is 248 Å². The minimum absolute atomic E-state index is 0. The standard InChI is InChI=1S/2C10H19O2S.2C4H9.Sn/c2*1-3-5-6-9(4-2)10(11)12-7-8-13;2*1-3-4-2;/h2*9H,3-8H2,1-2H3;2*1,3-4H2,2H3;. The molecule has 0 fully saturated rings. The van der Waals surface area contributed by atoms with Gasteiger partial charge in [-0.25, -0.2) is 0 Å². The van der Waals surface area contributed by atoms with Crippen molar-refractivity contribution in [3.63, 3.8) is 0 Å². The van der Waals surface area contributed by atoms with Gasteiger partial charge in [-0.2, -0.15) is 0 Å². The van der Waals surface area contributed by atoms with Gasteiger partial charge in [0.2, 0.25) is 0 Å². The number of ether oxygens (including phenoxy) is 2. The number of rotatable bonds is 16. The summed E-state index contributed by atoms with van der Waals surface area (Å²) >= 11 is 9.41. The van der Waals surface area contributed by atoms with Crippen LogP contribution in [0.4, 0.5) is 0 Å². The van der Waals surface area contributed by atoms with E-state index in [1.54, 1.807) is 0 Å². The Balaban J connectivity index is -0.000000128. The van der Waals surface area contributed by atoms with E-state index >= 15 is 0 Å². The smallest absolute Gasteiger partial charge is 0.308 e. The van der Waals surface area contributed by atoms with Gasteiger partial charge in [0.15, 0.2) is 0 Å². The molecule has 0 aromatic heterocycles. The van der Waals surface area contributed by atoms with Crippen LogP contribution in [0, 0.1) is 25.7 Å². The van der Waals surface area contributed by atoms with E-state index in [1.807, 2.05) is 13.8 Å². The van der Waals surface area contributed by atoms with Crippen LogP contribution in [-0.4, -0.2) is 60.6 Å². The fourth-order valence-corrected chi connectivity index (χ4v) is 2.57. The third-order valence-electron chi connectivity index (χ3n) is 4.83. The molecule has 0 rings (SSSR count). The van der Waals surface area contributed by atoms with Crippen molar-refractivity contribution in [2.45, 2.75) is 119 Å². The maximum Gasteiger partial charge on any atom is 0.308 e. The quantitative estimate of drug-likeness (QED) is 0.125. The third-order valence-corrected chi connectivity index (χ3v) is 5.16. The van der Waals surface area contributed by atoms with E-state index in [4.69, 9.17) is 34.7 Å². The van der Waals surface area contributed by atoms with E-state index in [2.05, 4.69) is 41.5 Å². The Morgan fingerprint density at radius 3 is 1.11 bits per heavy atom. The SMILES string of the molecule is CCCCC(CC)C(=O)OCC[S].CCCCC(CC)C(=O)OCC[S].[CH2]CCC.[CH2]CCC.[Sn]. The molecule has 0 N–H and O–H groups in total. The monoisotopic (exact) mass is 640 g/mol. The van der Waals surface area contributed by atoms with Crippen molar-refractivity contribution >= 4 is 61.1 Å². The minimum atomic E-state index is -0.0687. The molecule has 0 bridgehead atoms. The van der Waals surface area contributed by atoms with Crippen LogP contribution in [0.5, 0.6) is 0 Å².